The average Bonchev–Trinajstić information content (AvgIpc) is 2.27. The molecule has 100 valence electrons. The lowest BCUT2D eigenvalue weighted by Crippen LogP contribution is -2.24. The number of halogens is 2. The fourth-order valence-corrected chi connectivity index (χ4v) is 2.67. The number of benzene rings is 1. The van der Waals surface area contributed by atoms with Gasteiger partial charge in [-0.25, -0.2) is 0 Å². The van der Waals surface area contributed by atoms with Gasteiger partial charge in [-0.05, 0) is 38.7 Å². The van der Waals surface area contributed by atoms with Gasteiger partial charge < -0.3 is 9.64 Å². The SMILES string of the molecule is CCOC(=O)CC(c1ccc(Cl)cc1Br)N(C)C. The monoisotopic (exact) mass is 333 g/mol. The highest BCUT2D eigenvalue weighted by Crippen LogP contribution is 2.31. The zero-order valence-electron chi connectivity index (χ0n) is 10.7. The Kier molecular flexibility index (Phi) is 6.12. The van der Waals surface area contributed by atoms with Crippen molar-refractivity contribution in [3.05, 3.63) is 33.3 Å². The van der Waals surface area contributed by atoms with E-state index in [2.05, 4.69) is 15.9 Å². The van der Waals surface area contributed by atoms with Crippen LogP contribution in [0.5, 0.6) is 0 Å². The fraction of sp³-hybridized carbons (Fsp3) is 0.462. The van der Waals surface area contributed by atoms with E-state index in [1.807, 2.05) is 37.2 Å². The van der Waals surface area contributed by atoms with Crippen molar-refractivity contribution in [2.45, 2.75) is 19.4 Å². The molecule has 1 aromatic rings. The molecule has 0 aliphatic carbocycles. The van der Waals surface area contributed by atoms with Crippen molar-refractivity contribution in [3.63, 3.8) is 0 Å². The molecule has 3 nitrogen and oxygen atoms in total. The van der Waals surface area contributed by atoms with Crippen LogP contribution < -0.4 is 0 Å². The van der Waals surface area contributed by atoms with Crippen LogP contribution in [-0.4, -0.2) is 31.6 Å². The van der Waals surface area contributed by atoms with Crippen LogP contribution in [0.15, 0.2) is 22.7 Å². The molecule has 1 rings (SSSR count). The van der Waals surface area contributed by atoms with E-state index in [1.165, 1.54) is 0 Å². The summed E-state index contributed by atoms with van der Waals surface area (Å²) >= 11 is 9.40. The number of esters is 1. The van der Waals surface area contributed by atoms with Crippen molar-refractivity contribution >= 4 is 33.5 Å². The second-order valence-corrected chi connectivity index (χ2v) is 5.45. The van der Waals surface area contributed by atoms with E-state index >= 15 is 0 Å². The van der Waals surface area contributed by atoms with Gasteiger partial charge in [0, 0.05) is 15.5 Å². The molecule has 0 aliphatic rings. The zero-order valence-corrected chi connectivity index (χ0v) is 13.1. The Morgan fingerprint density at radius 1 is 1.50 bits per heavy atom. The summed E-state index contributed by atoms with van der Waals surface area (Å²) in [7, 11) is 3.87. The Balaban J connectivity index is 2.94. The zero-order chi connectivity index (χ0) is 13.7. The molecule has 18 heavy (non-hydrogen) atoms. The minimum absolute atomic E-state index is 0.0318. The number of hydrogen-bond acceptors (Lipinski definition) is 3. The number of ether oxygens (including phenoxy) is 1. The third kappa shape index (κ3) is 4.26. The maximum Gasteiger partial charge on any atom is 0.307 e. The minimum atomic E-state index is -0.196. The summed E-state index contributed by atoms with van der Waals surface area (Å²) in [5.41, 5.74) is 1.03. The Labute approximate surface area is 121 Å². The van der Waals surface area contributed by atoms with Gasteiger partial charge in [-0.3, -0.25) is 4.79 Å². The van der Waals surface area contributed by atoms with Crippen LogP contribution in [-0.2, 0) is 9.53 Å². The number of hydrogen-bond donors (Lipinski definition) is 0. The lowest BCUT2D eigenvalue weighted by molar-refractivity contribution is -0.144. The fourth-order valence-electron chi connectivity index (χ4n) is 1.72. The van der Waals surface area contributed by atoms with E-state index in [9.17, 15) is 4.79 Å². The largest absolute Gasteiger partial charge is 0.466 e. The number of nitrogens with zero attached hydrogens (tertiary/aromatic N) is 1. The van der Waals surface area contributed by atoms with Crippen LogP contribution in [0.3, 0.4) is 0 Å². The van der Waals surface area contributed by atoms with E-state index in [0.717, 1.165) is 10.0 Å². The van der Waals surface area contributed by atoms with Crippen LogP contribution in [0.25, 0.3) is 0 Å². The number of carbonyl (C=O) groups is 1. The third-order valence-corrected chi connectivity index (χ3v) is 3.53. The molecular weight excluding hydrogens is 318 g/mol. The van der Waals surface area contributed by atoms with Gasteiger partial charge in [-0.2, -0.15) is 0 Å². The molecule has 0 heterocycles. The second-order valence-electron chi connectivity index (χ2n) is 4.15. The molecule has 0 spiro atoms. The molecule has 0 radical (unpaired) electrons. The normalized spacial score (nSPS) is 12.6. The molecule has 0 fully saturated rings. The van der Waals surface area contributed by atoms with Gasteiger partial charge in [0.2, 0.25) is 0 Å². The van der Waals surface area contributed by atoms with Gasteiger partial charge >= 0.3 is 5.97 Å². The average molecular weight is 335 g/mol. The Bertz CT molecular complexity index is 423. The van der Waals surface area contributed by atoms with Crippen molar-refractivity contribution < 1.29 is 9.53 Å². The van der Waals surface area contributed by atoms with E-state index in [4.69, 9.17) is 16.3 Å². The maximum atomic E-state index is 11.6. The summed E-state index contributed by atoms with van der Waals surface area (Å²) in [4.78, 5) is 13.6. The predicted molar refractivity (Wildman–Crippen MR) is 76.8 cm³/mol. The van der Waals surface area contributed by atoms with E-state index < -0.39 is 0 Å². The highest BCUT2D eigenvalue weighted by Gasteiger charge is 2.21. The maximum absolute atomic E-state index is 11.6. The highest BCUT2D eigenvalue weighted by molar-refractivity contribution is 9.10. The lowest BCUT2D eigenvalue weighted by Gasteiger charge is -2.25. The van der Waals surface area contributed by atoms with Crippen molar-refractivity contribution in [1.29, 1.82) is 0 Å². The summed E-state index contributed by atoms with van der Waals surface area (Å²) in [6.07, 6.45) is 0.321. The molecular formula is C13H17BrClNO2. The number of carbonyl (C=O) groups excluding carboxylic acids is 1. The van der Waals surface area contributed by atoms with Gasteiger partial charge in [0.05, 0.1) is 13.0 Å². The summed E-state index contributed by atoms with van der Waals surface area (Å²) in [6.45, 7) is 2.21. The molecule has 1 unspecified atom stereocenters. The Morgan fingerprint density at radius 3 is 2.67 bits per heavy atom. The molecule has 0 aliphatic heterocycles. The Morgan fingerprint density at radius 2 is 2.17 bits per heavy atom. The first-order valence-electron chi connectivity index (χ1n) is 5.72. The van der Waals surface area contributed by atoms with Crippen molar-refractivity contribution in [3.8, 4) is 0 Å². The van der Waals surface area contributed by atoms with E-state index in [1.54, 1.807) is 6.92 Å². The van der Waals surface area contributed by atoms with Crippen LogP contribution >= 0.6 is 27.5 Å². The van der Waals surface area contributed by atoms with E-state index in [0.29, 0.717) is 18.1 Å². The van der Waals surface area contributed by atoms with Crippen LogP contribution in [0.2, 0.25) is 5.02 Å². The van der Waals surface area contributed by atoms with Crippen molar-refractivity contribution in [1.82, 2.24) is 4.90 Å². The van der Waals surface area contributed by atoms with Crippen molar-refractivity contribution in [2.24, 2.45) is 0 Å². The van der Waals surface area contributed by atoms with Gasteiger partial charge in [-0.1, -0.05) is 33.6 Å². The lowest BCUT2D eigenvalue weighted by atomic mass is 10.0. The molecule has 0 amide bonds. The smallest absolute Gasteiger partial charge is 0.307 e. The first-order valence-corrected chi connectivity index (χ1v) is 6.89. The van der Waals surface area contributed by atoms with Crippen molar-refractivity contribution in [2.75, 3.05) is 20.7 Å². The highest BCUT2D eigenvalue weighted by atomic mass is 79.9. The molecule has 0 bridgehead atoms. The summed E-state index contributed by atoms with van der Waals surface area (Å²) in [5, 5.41) is 0.666. The Hall–Kier alpha value is -0.580. The van der Waals surface area contributed by atoms with Crippen LogP contribution in [0.4, 0.5) is 0 Å². The van der Waals surface area contributed by atoms with Gasteiger partial charge in [0.25, 0.3) is 0 Å². The molecule has 0 aromatic heterocycles. The van der Waals surface area contributed by atoms with Crippen LogP contribution in [0, 0.1) is 0 Å². The molecule has 1 atom stereocenters. The minimum Gasteiger partial charge on any atom is -0.466 e. The first-order chi connectivity index (χ1) is 8.45. The third-order valence-electron chi connectivity index (χ3n) is 2.61. The topological polar surface area (TPSA) is 29.5 Å². The summed E-state index contributed by atoms with van der Waals surface area (Å²) in [6, 6.07) is 5.55. The van der Waals surface area contributed by atoms with Crippen LogP contribution in [0.1, 0.15) is 24.9 Å². The first kappa shape index (κ1) is 15.5. The predicted octanol–water partition coefficient (Wildman–Crippen LogP) is 3.66. The summed E-state index contributed by atoms with van der Waals surface area (Å²) < 4.78 is 5.90. The second kappa shape index (κ2) is 7.12. The standard InChI is InChI=1S/C13H17BrClNO2/c1-4-18-13(17)8-12(16(2)3)10-6-5-9(15)7-11(10)14/h5-7,12H,4,8H2,1-3H3. The molecule has 0 saturated heterocycles. The number of rotatable bonds is 5. The molecule has 0 N–H and O–H groups in total. The molecule has 0 saturated carbocycles. The van der Waals surface area contributed by atoms with Gasteiger partial charge in [0.1, 0.15) is 0 Å². The molecule has 1 aromatic carbocycles. The molecule has 5 heteroatoms. The van der Waals surface area contributed by atoms with Gasteiger partial charge in [-0.15, -0.1) is 0 Å². The van der Waals surface area contributed by atoms with Gasteiger partial charge in [0.15, 0.2) is 0 Å². The quantitative estimate of drug-likeness (QED) is 0.770. The summed E-state index contributed by atoms with van der Waals surface area (Å²) in [5.74, 6) is -0.196. The van der Waals surface area contributed by atoms with E-state index in [-0.39, 0.29) is 12.0 Å².